The zero-order valence-electron chi connectivity index (χ0n) is 28.8. The number of rotatable bonds is 22. The molecule has 0 radical (unpaired) electrons. The molecule has 2 aromatic rings. The maximum atomic E-state index is 11.7. The number of aromatic hydroxyl groups is 1. The number of hydrogen-bond acceptors (Lipinski definition) is 10. The minimum absolute atomic E-state index is 0.0264. The van der Waals surface area contributed by atoms with Gasteiger partial charge in [0.15, 0.2) is 0 Å². The molecule has 1 heterocycles. The standard InChI is InChI=1S/C38H58N2O8/c1-37-11-9-33-32-8-6-31(42)26-29(32)5-7-34(33)35(37)27-38(28-41,36(37)43)12-16-44-18-20-46-22-24-48-25-23-47-21-19-45-17-15-39-14-10-30-4-2-3-13-40-30/h2-4,6,8,13,26,33-36,39,41-43H,5,7,9-12,14-25,27-28H2,1H3/t33-,34-,35+,36-,37+,38-/m1/s1. The number of nitrogens with zero attached hydrogens (tertiary/aromatic N) is 1. The summed E-state index contributed by atoms with van der Waals surface area (Å²) in [7, 11) is 0. The third-order valence-corrected chi connectivity index (χ3v) is 11.2. The molecule has 10 nitrogen and oxygen atoms in total. The van der Waals surface area contributed by atoms with Crippen molar-refractivity contribution in [3.63, 3.8) is 0 Å². The first-order valence-corrected chi connectivity index (χ1v) is 18.1. The summed E-state index contributed by atoms with van der Waals surface area (Å²) >= 11 is 0. The van der Waals surface area contributed by atoms with Crippen LogP contribution in [0, 0.1) is 22.7 Å². The lowest BCUT2D eigenvalue weighted by atomic mass is 9.55. The van der Waals surface area contributed by atoms with Crippen LogP contribution in [0.2, 0.25) is 0 Å². The van der Waals surface area contributed by atoms with E-state index in [2.05, 4.69) is 23.3 Å². The van der Waals surface area contributed by atoms with Crippen molar-refractivity contribution in [1.82, 2.24) is 10.3 Å². The minimum atomic E-state index is -0.550. The van der Waals surface area contributed by atoms with E-state index >= 15 is 0 Å². The molecule has 5 rings (SSSR count). The molecular weight excluding hydrogens is 612 g/mol. The average Bonchev–Trinajstić information content (AvgIpc) is 3.33. The quantitative estimate of drug-likeness (QED) is 0.137. The normalized spacial score (nSPS) is 27.8. The van der Waals surface area contributed by atoms with Crippen molar-refractivity contribution in [1.29, 1.82) is 0 Å². The van der Waals surface area contributed by atoms with E-state index in [4.69, 9.17) is 23.7 Å². The van der Waals surface area contributed by atoms with E-state index in [0.717, 1.165) is 57.3 Å². The van der Waals surface area contributed by atoms with Crippen LogP contribution in [0.4, 0.5) is 0 Å². The van der Waals surface area contributed by atoms with E-state index in [1.54, 1.807) is 0 Å². The number of ether oxygens (including phenoxy) is 5. The molecule has 0 unspecified atom stereocenters. The Morgan fingerprint density at radius 1 is 0.854 bits per heavy atom. The second-order valence-electron chi connectivity index (χ2n) is 14.1. The highest BCUT2D eigenvalue weighted by atomic mass is 16.6. The van der Waals surface area contributed by atoms with Gasteiger partial charge in [-0.05, 0) is 97.1 Å². The van der Waals surface area contributed by atoms with Crippen LogP contribution in [-0.2, 0) is 36.5 Å². The molecule has 6 atom stereocenters. The molecule has 0 amide bonds. The third-order valence-electron chi connectivity index (χ3n) is 11.2. The van der Waals surface area contributed by atoms with Crippen molar-refractivity contribution >= 4 is 0 Å². The largest absolute Gasteiger partial charge is 0.508 e. The molecule has 4 N–H and O–H groups in total. The summed E-state index contributed by atoms with van der Waals surface area (Å²) < 4.78 is 28.3. The zero-order chi connectivity index (χ0) is 33.7. The predicted octanol–water partition coefficient (Wildman–Crippen LogP) is 3.90. The molecule has 3 aliphatic carbocycles. The SMILES string of the molecule is C[C@]12CC[C@@H]3c4ccc(O)cc4CC[C@H]3[C@@H]1C[C@@](CO)(CCOCCOCCOCCOCCOCCNCCc1ccccn1)[C@@H]2O. The smallest absolute Gasteiger partial charge is 0.115 e. The number of aromatic nitrogens is 1. The Bertz CT molecular complexity index is 1220. The van der Waals surface area contributed by atoms with Gasteiger partial charge in [-0.3, -0.25) is 4.98 Å². The van der Waals surface area contributed by atoms with E-state index in [9.17, 15) is 15.3 Å². The fraction of sp³-hybridized carbons (Fsp3) is 0.711. The van der Waals surface area contributed by atoms with Crippen LogP contribution in [0.3, 0.4) is 0 Å². The zero-order valence-corrected chi connectivity index (χ0v) is 28.8. The molecule has 2 saturated carbocycles. The molecule has 1 aromatic heterocycles. The van der Waals surface area contributed by atoms with Gasteiger partial charge in [-0.2, -0.15) is 0 Å². The van der Waals surface area contributed by atoms with Crippen LogP contribution in [0.15, 0.2) is 42.6 Å². The van der Waals surface area contributed by atoms with Crippen LogP contribution in [0.5, 0.6) is 5.75 Å². The summed E-state index contributed by atoms with van der Waals surface area (Å²) in [4.78, 5) is 4.31. The molecule has 268 valence electrons. The third kappa shape index (κ3) is 9.54. The maximum Gasteiger partial charge on any atom is 0.115 e. The van der Waals surface area contributed by atoms with Crippen LogP contribution in [-0.4, -0.2) is 112 Å². The second-order valence-corrected chi connectivity index (χ2v) is 14.1. The Morgan fingerprint density at radius 2 is 1.54 bits per heavy atom. The predicted molar refractivity (Wildman–Crippen MR) is 183 cm³/mol. The van der Waals surface area contributed by atoms with Gasteiger partial charge < -0.3 is 44.3 Å². The van der Waals surface area contributed by atoms with Crippen LogP contribution in [0.25, 0.3) is 0 Å². The van der Waals surface area contributed by atoms with E-state index in [-0.39, 0.29) is 12.0 Å². The fourth-order valence-corrected chi connectivity index (χ4v) is 8.65. The monoisotopic (exact) mass is 670 g/mol. The number of phenolic OH excluding ortho intramolecular Hbond substituents is 1. The van der Waals surface area contributed by atoms with Crippen LogP contribution >= 0.6 is 0 Å². The molecule has 0 bridgehead atoms. The van der Waals surface area contributed by atoms with Crippen LogP contribution < -0.4 is 5.32 Å². The molecular formula is C38H58N2O8. The molecule has 48 heavy (non-hydrogen) atoms. The number of phenols is 1. The number of benzene rings is 1. The number of aliphatic hydroxyl groups is 2. The van der Waals surface area contributed by atoms with Crippen molar-refractivity contribution in [2.45, 2.75) is 63.9 Å². The number of pyridine rings is 1. The van der Waals surface area contributed by atoms with Gasteiger partial charge in [0.1, 0.15) is 5.75 Å². The average molecular weight is 671 g/mol. The first-order chi connectivity index (χ1) is 23.5. The Morgan fingerprint density at radius 3 is 2.21 bits per heavy atom. The highest BCUT2D eigenvalue weighted by Gasteiger charge is 2.63. The number of nitrogens with one attached hydrogen (secondary N) is 1. The minimum Gasteiger partial charge on any atom is -0.508 e. The number of hydrogen-bond donors (Lipinski definition) is 4. The summed E-state index contributed by atoms with van der Waals surface area (Å²) in [5.41, 5.74) is 3.00. The number of fused-ring (bicyclic) bond motifs is 5. The molecule has 3 aliphatic rings. The van der Waals surface area contributed by atoms with Gasteiger partial charge in [0.2, 0.25) is 0 Å². The Kier molecular flexibility index (Phi) is 14.5. The number of aliphatic hydroxyl groups excluding tert-OH is 2. The molecule has 0 spiro atoms. The van der Waals surface area contributed by atoms with Crippen LogP contribution in [0.1, 0.15) is 61.8 Å². The van der Waals surface area contributed by atoms with E-state index < -0.39 is 11.5 Å². The molecule has 2 fully saturated rings. The summed E-state index contributed by atoms with van der Waals surface area (Å²) in [6.45, 7) is 9.11. The lowest BCUT2D eigenvalue weighted by molar-refractivity contribution is -0.0793. The Hall–Kier alpha value is -2.15. The lowest BCUT2D eigenvalue weighted by Crippen LogP contribution is -2.46. The molecule has 10 heteroatoms. The van der Waals surface area contributed by atoms with Crippen molar-refractivity contribution in [2.24, 2.45) is 22.7 Å². The molecule has 0 aliphatic heterocycles. The lowest BCUT2D eigenvalue weighted by Gasteiger charge is -2.50. The Labute approximate surface area is 286 Å². The highest BCUT2D eigenvalue weighted by Crippen LogP contribution is 2.66. The maximum absolute atomic E-state index is 11.7. The topological polar surface area (TPSA) is 132 Å². The summed E-state index contributed by atoms with van der Waals surface area (Å²) in [5, 5.41) is 35.6. The summed E-state index contributed by atoms with van der Waals surface area (Å²) in [5.74, 6) is 1.66. The van der Waals surface area contributed by atoms with Crippen molar-refractivity contribution in [2.75, 3.05) is 85.8 Å². The first-order valence-electron chi connectivity index (χ1n) is 18.1. The van der Waals surface area contributed by atoms with Gasteiger partial charge in [0, 0.05) is 43.4 Å². The summed E-state index contributed by atoms with van der Waals surface area (Å²) in [6.07, 6.45) is 7.67. The summed E-state index contributed by atoms with van der Waals surface area (Å²) in [6, 6.07) is 11.8. The highest BCUT2D eigenvalue weighted by molar-refractivity contribution is 5.40. The fourth-order valence-electron chi connectivity index (χ4n) is 8.65. The first kappa shape index (κ1) is 37.1. The van der Waals surface area contributed by atoms with E-state index in [1.807, 2.05) is 36.5 Å². The van der Waals surface area contributed by atoms with Gasteiger partial charge >= 0.3 is 0 Å². The van der Waals surface area contributed by atoms with E-state index in [0.29, 0.717) is 96.0 Å². The van der Waals surface area contributed by atoms with Gasteiger partial charge in [-0.25, -0.2) is 0 Å². The molecule has 1 aromatic carbocycles. The van der Waals surface area contributed by atoms with Crippen molar-refractivity contribution in [3.05, 3.63) is 59.4 Å². The van der Waals surface area contributed by atoms with Gasteiger partial charge in [-0.15, -0.1) is 0 Å². The van der Waals surface area contributed by atoms with Gasteiger partial charge in [-0.1, -0.05) is 19.1 Å². The molecule has 0 saturated heterocycles. The number of aryl methyl sites for hydroxylation is 1. The van der Waals surface area contributed by atoms with Crippen molar-refractivity contribution < 1.29 is 39.0 Å². The van der Waals surface area contributed by atoms with E-state index in [1.165, 1.54) is 11.1 Å². The Balaban J connectivity index is 0.859. The van der Waals surface area contributed by atoms with Gasteiger partial charge in [0.25, 0.3) is 0 Å². The van der Waals surface area contributed by atoms with Gasteiger partial charge in [0.05, 0.1) is 72.2 Å². The second kappa shape index (κ2) is 18.7. The van der Waals surface area contributed by atoms with Crippen molar-refractivity contribution in [3.8, 4) is 5.75 Å².